The zero-order chi connectivity index (χ0) is 23.1. The summed E-state index contributed by atoms with van der Waals surface area (Å²) in [6.45, 7) is 1.32. The first-order chi connectivity index (χ1) is 15.4. The van der Waals surface area contributed by atoms with Crippen LogP contribution in [0.1, 0.15) is 40.0 Å². The summed E-state index contributed by atoms with van der Waals surface area (Å²) in [5, 5.41) is 6.35. The van der Waals surface area contributed by atoms with Crippen molar-refractivity contribution in [2.45, 2.75) is 25.3 Å². The van der Waals surface area contributed by atoms with E-state index in [4.69, 9.17) is 27.9 Å². The number of carbonyl (C=O) groups is 3. The van der Waals surface area contributed by atoms with Gasteiger partial charge in [-0.25, -0.2) is 0 Å². The van der Waals surface area contributed by atoms with Crippen molar-refractivity contribution < 1.29 is 19.1 Å². The smallest absolute Gasteiger partial charge is 0.254 e. The number of amides is 3. The second-order valence-corrected chi connectivity index (χ2v) is 8.23. The van der Waals surface area contributed by atoms with Crippen LogP contribution in [0.2, 0.25) is 10.0 Å². The van der Waals surface area contributed by atoms with Crippen LogP contribution in [0.3, 0.4) is 0 Å². The van der Waals surface area contributed by atoms with Crippen molar-refractivity contribution in [3.8, 4) is 5.75 Å². The normalized spacial score (nSPS) is 15.3. The maximum absolute atomic E-state index is 12.8. The predicted octanol–water partition coefficient (Wildman–Crippen LogP) is 3.54. The molecule has 3 amide bonds. The summed E-state index contributed by atoms with van der Waals surface area (Å²) in [6, 6.07) is 11.0. The molecular weight excluding hydrogens is 453 g/mol. The molecule has 1 saturated heterocycles. The SMILES string of the molecule is COc1ccc(C(=O)NCCCNC(=O)[C@H]2CCCN2C(=O)c2ccc(Cl)c(Cl)c2)cc1. The van der Waals surface area contributed by atoms with Gasteiger partial charge >= 0.3 is 0 Å². The number of ether oxygens (including phenoxy) is 1. The van der Waals surface area contributed by atoms with Crippen molar-refractivity contribution in [3.05, 3.63) is 63.6 Å². The zero-order valence-corrected chi connectivity index (χ0v) is 19.2. The molecule has 1 fully saturated rings. The number of rotatable bonds is 8. The number of nitrogens with zero attached hydrogens (tertiary/aromatic N) is 1. The summed E-state index contributed by atoms with van der Waals surface area (Å²) in [6.07, 6.45) is 1.93. The lowest BCUT2D eigenvalue weighted by atomic mass is 10.1. The minimum Gasteiger partial charge on any atom is -0.497 e. The van der Waals surface area contributed by atoms with Gasteiger partial charge in [-0.05, 0) is 61.7 Å². The molecule has 0 unspecified atom stereocenters. The van der Waals surface area contributed by atoms with Gasteiger partial charge in [-0.15, -0.1) is 0 Å². The molecule has 32 heavy (non-hydrogen) atoms. The number of carbonyl (C=O) groups excluding carboxylic acids is 3. The van der Waals surface area contributed by atoms with Gasteiger partial charge in [-0.3, -0.25) is 14.4 Å². The van der Waals surface area contributed by atoms with Gasteiger partial charge in [0.1, 0.15) is 11.8 Å². The lowest BCUT2D eigenvalue weighted by Gasteiger charge is -2.24. The Morgan fingerprint density at radius 2 is 1.69 bits per heavy atom. The Kier molecular flexibility index (Phi) is 8.36. The molecule has 2 aromatic rings. The number of hydrogen-bond donors (Lipinski definition) is 2. The van der Waals surface area contributed by atoms with Gasteiger partial charge in [0.25, 0.3) is 11.8 Å². The average molecular weight is 478 g/mol. The molecule has 1 heterocycles. The van der Waals surface area contributed by atoms with E-state index in [1.54, 1.807) is 48.4 Å². The molecule has 0 aromatic heterocycles. The first kappa shape index (κ1) is 23.9. The van der Waals surface area contributed by atoms with E-state index in [-0.39, 0.29) is 17.7 Å². The molecule has 1 aliphatic heterocycles. The number of benzene rings is 2. The van der Waals surface area contributed by atoms with Crippen LogP contribution in [0, 0.1) is 0 Å². The van der Waals surface area contributed by atoms with Gasteiger partial charge in [-0.2, -0.15) is 0 Å². The standard InChI is InChI=1S/C23H25Cl2N3O4/c1-32-17-8-5-15(6-9-17)21(29)26-11-3-12-27-22(30)20-4-2-13-28(20)23(31)16-7-10-18(24)19(25)14-16/h5-10,14,20H,2-4,11-13H2,1H3,(H,26,29)(H,27,30)/t20-/m1/s1. The molecule has 0 saturated carbocycles. The molecular formula is C23H25Cl2N3O4. The molecule has 170 valence electrons. The third kappa shape index (κ3) is 5.93. The molecule has 0 aliphatic carbocycles. The van der Waals surface area contributed by atoms with Crippen molar-refractivity contribution in [2.75, 3.05) is 26.7 Å². The lowest BCUT2D eigenvalue weighted by Crippen LogP contribution is -2.46. The molecule has 1 atom stereocenters. The van der Waals surface area contributed by atoms with Crippen molar-refractivity contribution in [2.24, 2.45) is 0 Å². The molecule has 0 radical (unpaired) electrons. The quantitative estimate of drug-likeness (QED) is 0.569. The summed E-state index contributed by atoms with van der Waals surface area (Å²) >= 11 is 11.9. The molecule has 1 aliphatic rings. The van der Waals surface area contributed by atoms with Gasteiger partial charge in [0, 0.05) is 30.8 Å². The highest BCUT2D eigenvalue weighted by molar-refractivity contribution is 6.42. The molecule has 3 rings (SSSR count). The highest BCUT2D eigenvalue weighted by Gasteiger charge is 2.34. The van der Waals surface area contributed by atoms with E-state index in [2.05, 4.69) is 10.6 Å². The summed E-state index contributed by atoms with van der Waals surface area (Å²) in [4.78, 5) is 39.2. The second kappa shape index (κ2) is 11.2. The van der Waals surface area contributed by atoms with E-state index in [0.717, 1.165) is 6.42 Å². The van der Waals surface area contributed by atoms with Crippen LogP contribution in [0.5, 0.6) is 5.75 Å². The van der Waals surface area contributed by atoms with Crippen LogP contribution in [-0.4, -0.2) is 55.4 Å². The molecule has 0 spiro atoms. The van der Waals surface area contributed by atoms with Crippen LogP contribution in [0.4, 0.5) is 0 Å². The highest BCUT2D eigenvalue weighted by atomic mass is 35.5. The van der Waals surface area contributed by atoms with E-state index in [1.807, 2.05) is 0 Å². The molecule has 2 aromatic carbocycles. The summed E-state index contributed by atoms with van der Waals surface area (Å²) < 4.78 is 5.08. The topological polar surface area (TPSA) is 87.7 Å². The number of halogens is 2. The second-order valence-electron chi connectivity index (χ2n) is 7.41. The maximum Gasteiger partial charge on any atom is 0.254 e. The summed E-state index contributed by atoms with van der Waals surface area (Å²) in [5.41, 5.74) is 0.942. The molecule has 2 N–H and O–H groups in total. The van der Waals surface area contributed by atoms with Crippen LogP contribution in [0.15, 0.2) is 42.5 Å². The fourth-order valence-electron chi connectivity index (χ4n) is 3.54. The molecule has 9 heteroatoms. The Morgan fingerprint density at radius 3 is 2.38 bits per heavy atom. The van der Waals surface area contributed by atoms with Gasteiger partial charge in [-0.1, -0.05) is 23.2 Å². The van der Waals surface area contributed by atoms with Crippen LogP contribution < -0.4 is 15.4 Å². The van der Waals surface area contributed by atoms with Gasteiger partial charge in [0.2, 0.25) is 5.91 Å². The van der Waals surface area contributed by atoms with Gasteiger partial charge in [0.05, 0.1) is 17.2 Å². The van der Waals surface area contributed by atoms with E-state index in [0.29, 0.717) is 59.4 Å². The summed E-state index contributed by atoms with van der Waals surface area (Å²) in [7, 11) is 1.57. The Labute approximate surface area is 197 Å². The first-order valence-electron chi connectivity index (χ1n) is 10.4. The number of likely N-dealkylation sites (tertiary alicyclic amines) is 1. The zero-order valence-electron chi connectivity index (χ0n) is 17.7. The van der Waals surface area contributed by atoms with Crippen molar-refractivity contribution in [1.29, 1.82) is 0 Å². The predicted molar refractivity (Wildman–Crippen MR) is 123 cm³/mol. The van der Waals surface area contributed by atoms with Gasteiger partial charge < -0.3 is 20.3 Å². The Bertz CT molecular complexity index is 982. The first-order valence-corrected chi connectivity index (χ1v) is 11.1. The van der Waals surface area contributed by atoms with Crippen molar-refractivity contribution in [3.63, 3.8) is 0 Å². The third-order valence-electron chi connectivity index (χ3n) is 5.27. The maximum atomic E-state index is 12.8. The van der Waals surface area contributed by atoms with E-state index >= 15 is 0 Å². The Morgan fingerprint density at radius 1 is 1.00 bits per heavy atom. The minimum absolute atomic E-state index is 0.187. The van der Waals surface area contributed by atoms with E-state index < -0.39 is 6.04 Å². The Balaban J connectivity index is 1.44. The fraction of sp³-hybridized carbons (Fsp3) is 0.348. The number of methoxy groups -OCH3 is 1. The van der Waals surface area contributed by atoms with Crippen molar-refractivity contribution in [1.82, 2.24) is 15.5 Å². The molecule has 7 nitrogen and oxygen atoms in total. The highest BCUT2D eigenvalue weighted by Crippen LogP contribution is 2.26. The monoisotopic (exact) mass is 477 g/mol. The van der Waals surface area contributed by atoms with Crippen LogP contribution in [-0.2, 0) is 4.79 Å². The largest absolute Gasteiger partial charge is 0.497 e. The number of nitrogens with one attached hydrogen (secondary N) is 2. The minimum atomic E-state index is -0.522. The van der Waals surface area contributed by atoms with Crippen LogP contribution in [0.25, 0.3) is 0 Å². The Hall–Kier alpha value is -2.77. The van der Waals surface area contributed by atoms with Gasteiger partial charge in [0.15, 0.2) is 0 Å². The average Bonchev–Trinajstić information content (AvgIpc) is 3.30. The van der Waals surface area contributed by atoms with E-state index in [9.17, 15) is 14.4 Å². The third-order valence-corrected chi connectivity index (χ3v) is 6.01. The van der Waals surface area contributed by atoms with E-state index in [1.165, 1.54) is 6.07 Å². The van der Waals surface area contributed by atoms with Crippen LogP contribution >= 0.6 is 23.2 Å². The lowest BCUT2D eigenvalue weighted by molar-refractivity contribution is -0.124. The molecule has 0 bridgehead atoms. The van der Waals surface area contributed by atoms with Crippen molar-refractivity contribution >= 4 is 40.9 Å². The summed E-state index contributed by atoms with van der Waals surface area (Å²) in [5.74, 6) is 0.0568. The fourth-order valence-corrected chi connectivity index (χ4v) is 3.84. The number of hydrogen-bond acceptors (Lipinski definition) is 4.